The van der Waals surface area contributed by atoms with E-state index in [2.05, 4.69) is 10.3 Å². The van der Waals surface area contributed by atoms with E-state index in [4.69, 9.17) is 22.1 Å². The Labute approximate surface area is 128 Å². The van der Waals surface area contributed by atoms with Crippen LogP contribution in [-0.4, -0.2) is 35.2 Å². The molecule has 0 aliphatic heterocycles. The van der Waals surface area contributed by atoms with Gasteiger partial charge >= 0.3 is 0 Å². The van der Waals surface area contributed by atoms with Gasteiger partial charge in [-0.05, 0) is 25.7 Å². The Morgan fingerprint density at radius 1 is 1.48 bits per heavy atom. The second kappa shape index (κ2) is 7.53. The Kier molecular flexibility index (Phi) is 5.72. The number of aromatic nitrogens is 1. The van der Waals surface area contributed by atoms with Gasteiger partial charge in [-0.1, -0.05) is 11.6 Å². The third-order valence-corrected chi connectivity index (χ3v) is 3.79. The molecule has 1 fully saturated rings. The molecule has 3 N–H and O–H groups in total. The SMILES string of the molecule is NC1CCC(OCCNc2ncc([N+](=O)[O-])cc2Cl)CC1. The van der Waals surface area contributed by atoms with E-state index in [9.17, 15) is 10.1 Å². The number of nitro groups is 1. The molecule has 1 aromatic rings. The first kappa shape index (κ1) is 15.9. The van der Waals surface area contributed by atoms with E-state index < -0.39 is 4.92 Å². The van der Waals surface area contributed by atoms with Crippen LogP contribution in [0.1, 0.15) is 25.7 Å². The maximum absolute atomic E-state index is 10.6. The van der Waals surface area contributed by atoms with Crippen molar-refractivity contribution in [2.24, 2.45) is 5.73 Å². The molecule has 0 radical (unpaired) electrons. The maximum Gasteiger partial charge on any atom is 0.289 e. The minimum atomic E-state index is -0.528. The molecule has 1 heterocycles. The van der Waals surface area contributed by atoms with Crippen molar-refractivity contribution in [2.75, 3.05) is 18.5 Å². The number of nitrogens with zero attached hydrogens (tertiary/aromatic N) is 2. The molecule has 0 bridgehead atoms. The van der Waals surface area contributed by atoms with Crippen molar-refractivity contribution in [3.05, 3.63) is 27.4 Å². The maximum atomic E-state index is 10.6. The summed E-state index contributed by atoms with van der Waals surface area (Å²) in [7, 11) is 0. The van der Waals surface area contributed by atoms with Gasteiger partial charge < -0.3 is 15.8 Å². The van der Waals surface area contributed by atoms with Crippen LogP contribution in [0.25, 0.3) is 0 Å². The van der Waals surface area contributed by atoms with Gasteiger partial charge in [-0.2, -0.15) is 0 Å². The van der Waals surface area contributed by atoms with Crippen molar-refractivity contribution >= 4 is 23.1 Å². The number of ether oxygens (including phenoxy) is 1. The van der Waals surface area contributed by atoms with Crippen molar-refractivity contribution in [2.45, 2.75) is 37.8 Å². The Morgan fingerprint density at radius 2 is 2.19 bits per heavy atom. The van der Waals surface area contributed by atoms with E-state index in [1.54, 1.807) is 0 Å². The molecule has 1 aromatic heterocycles. The summed E-state index contributed by atoms with van der Waals surface area (Å²) in [6, 6.07) is 1.59. The molecule has 1 saturated carbocycles. The number of nitrogens with one attached hydrogen (secondary N) is 1. The molecule has 0 unspecified atom stereocenters. The molecule has 2 rings (SSSR count). The largest absolute Gasteiger partial charge is 0.376 e. The molecule has 0 saturated heterocycles. The van der Waals surface area contributed by atoms with Crippen LogP contribution in [0, 0.1) is 10.1 Å². The average molecular weight is 315 g/mol. The van der Waals surface area contributed by atoms with Gasteiger partial charge in [0, 0.05) is 18.7 Å². The molecule has 8 heteroatoms. The number of halogens is 1. The summed E-state index contributed by atoms with van der Waals surface area (Å²) in [6.07, 6.45) is 5.46. The van der Waals surface area contributed by atoms with Crippen LogP contribution in [-0.2, 0) is 4.74 Å². The molecule has 1 aliphatic rings. The summed E-state index contributed by atoms with van der Waals surface area (Å²) in [4.78, 5) is 14.0. The highest BCUT2D eigenvalue weighted by atomic mass is 35.5. The Balaban J connectivity index is 1.72. The zero-order chi connectivity index (χ0) is 15.2. The summed E-state index contributed by atoms with van der Waals surface area (Å²) in [5.74, 6) is 0.427. The highest BCUT2D eigenvalue weighted by molar-refractivity contribution is 6.33. The quantitative estimate of drug-likeness (QED) is 0.474. The second-order valence-corrected chi connectivity index (χ2v) is 5.52. The lowest BCUT2D eigenvalue weighted by Crippen LogP contribution is -2.31. The Bertz CT molecular complexity index is 492. The molecule has 0 aromatic carbocycles. The van der Waals surface area contributed by atoms with Crippen molar-refractivity contribution in [1.29, 1.82) is 0 Å². The fraction of sp³-hybridized carbons (Fsp3) is 0.615. The number of pyridine rings is 1. The van der Waals surface area contributed by atoms with Crippen molar-refractivity contribution in [3.63, 3.8) is 0 Å². The molecular formula is C13H19ClN4O3. The first-order valence-corrected chi connectivity index (χ1v) is 7.35. The third kappa shape index (κ3) is 4.80. The molecule has 1 aliphatic carbocycles. The lowest BCUT2D eigenvalue weighted by atomic mass is 9.94. The normalized spacial score (nSPS) is 22.0. The van der Waals surface area contributed by atoms with E-state index in [0.29, 0.717) is 25.0 Å². The number of hydrogen-bond donors (Lipinski definition) is 2. The smallest absolute Gasteiger partial charge is 0.289 e. The highest BCUT2D eigenvalue weighted by Crippen LogP contribution is 2.24. The molecule has 116 valence electrons. The Morgan fingerprint density at radius 3 is 2.81 bits per heavy atom. The molecule has 21 heavy (non-hydrogen) atoms. The second-order valence-electron chi connectivity index (χ2n) is 5.12. The zero-order valence-electron chi connectivity index (χ0n) is 11.6. The van der Waals surface area contributed by atoms with Crippen LogP contribution in [0.3, 0.4) is 0 Å². The monoisotopic (exact) mass is 314 g/mol. The summed E-state index contributed by atoms with van der Waals surface area (Å²) >= 11 is 5.93. The zero-order valence-corrected chi connectivity index (χ0v) is 12.4. The summed E-state index contributed by atoms with van der Waals surface area (Å²) in [5.41, 5.74) is 5.71. The van der Waals surface area contributed by atoms with Gasteiger partial charge in [0.15, 0.2) is 0 Å². The van der Waals surface area contributed by atoms with E-state index >= 15 is 0 Å². The van der Waals surface area contributed by atoms with Crippen molar-refractivity contribution < 1.29 is 9.66 Å². The predicted molar refractivity (Wildman–Crippen MR) is 80.6 cm³/mol. The van der Waals surface area contributed by atoms with Crippen LogP contribution in [0.2, 0.25) is 5.02 Å². The molecule has 0 atom stereocenters. The standard InChI is InChI=1S/C13H19ClN4O3/c14-12-7-10(18(19)20)8-17-13(12)16-5-6-21-11-3-1-9(15)2-4-11/h7-9,11H,1-6,15H2,(H,16,17). The van der Waals surface area contributed by atoms with Crippen molar-refractivity contribution in [3.8, 4) is 0 Å². The predicted octanol–water partition coefficient (Wildman–Crippen LogP) is 2.34. The molecule has 0 spiro atoms. The number of nitrogens with two attached hydrogens (primary N) is 1. The minimum Gasteiger partial charge on any atom is -0.376 e. The van der Waals surface area contributed by atoms with Crippen LogP contribution in [0.4, 0.5) is 11.5 Å². The van der Waals surface area contributed by atoms with Crippen LogP contribution < -0.4 is 11.1 Å². The molecule has 0 amide bonds. The number of anilines is 1. The van der Waals surface area contributed by atoms with Gasteiger partial charge in [0.25, 0.3) is 5.69 Å². The van der Waals surface area contributed by atoms with E-state index in [0.717, 1.165) is 25.7 Å². The van der Waals surface area contributed by atoms with Crippen LogP contribution >= 0.6 is 11.6 Å². The van der Waals surface area contributed by atoms with Crippen LogP contribution in [0.5, 0.6) is 0 Å². The lowest BCUT2D eigenvalue weighted by Gasteiger charge is -2.26. The Hall–Kier alpha value is -1.44. The first-order chi connectivity index (χ1) is 10.1. The fourth-order valence-corrected chi connectivity index (χ4v) is 2.54. The number of hydrogen-bond acceptors (Lipinski definition) is 6. The van der Waals surface area contributed by atoms with Gasteiger partial charge in [-0.3, -0.25) is 10.1 Å². The van der Waals surface area contributed by atoms with Gasteiger partial charge in [0.05, 0.1) is 22.7 Å². The topological polar surface area (TPSA) is 103 Å². The average Bonchev–Trinajstić information content (AvgIpc) is 2.46. The molecule has 7 nitrogen and oxygen atoms in total. The molecular weight excluding hydrogens is 296 g/mol. The van der Waals surface area contributed by atoms with E-state index in [1.165, 1.54) is 12.3 Å². The van der Waals surface area contributed by atoms with E-state index in [-0.39, 0.29) is 16.8 Å². The van der Waals surface area contributed by atoms with Crippen LogP contribution in [0.15, 0.2) is 12.3 Å². The lowest BCUT2D eigenvalue weighted by molar-refractivity contribution is -0.385. The van der Waals surface area contributed by atoms with Crippen molar-refractivity contribution in [1.82, 2.24) is 4.98 Å². The van der Waals surface area contributed by atoms with Gasteiger partial charge in [-0.25, -0.2) is 4.98 Å². The van der Waals surface area contributed by atoms with Gasteiger partial charge in [-0.15, -0.1) is 0 Å². The number of rotatable bonds is 6. The first-order valence-electron chi connectivity index (χ1n) is 6.97. The summed E-state index contributed by atoms with van der Waals surface area (Å²) < 4.78 is 5.76. The fourth-order valence-electron chi connectivity index (χ4n) is 2.31. The summed E-state index contributed by atoms with van der Waals surface area (Å²) in [5, 5.41) is 13.8. The highest BCUT2D eigenvalue weighted by Gasteiger charge is 2.18. The summed E-state index contributed by atoms with van der Waals surface area (Å²) in [6.45, 7) is 1.09. The van der Waals surface area contributed by atoms with Gasteiger partial charge in [0.1, 0.15) is 12.0 Å². The van der Waals surface area contributed by atoms with Gasteiger partial charge in [0.2, 0.25) is 0 Å². The third-order valence-electron chi connectivity index (χ3n) is 3.50. The minimum absolute atomic E-state index is 0.125. The van der Waals surface area contributed by atoms with E-state index in [1.807, 2.05) is 0 Å².